The molecule has 140 valence electrons. The Bertz CT molecular complexity index is 708. The maximum atomic E-state index is 12.1. The van der Waals surface area contributed by atoms with Crippen molar-refractivity contribution < 1.29 is 14.7 Å². The van der Waals surface area contributed by atoms with Gasteiger partial charge in [-0.2, -0.15) is 0 Å². The number of carbonyl (C=O) groups is 2. The zero-order valence-corrected chi connectivity index (χ0v) is 15.2. The van der Waals surface area contributed by atoms with E-state index in [-0.39, 0.29) is 12.3 Å². The number of piperidine rings is 1. The van der Waals surface area contributed by atoms with Gasteiger partial charge in [0.15, 0.2) is 0 Å². The number of nitrogens with zero attached hydrogens (tertiary/aromatic N) is 4. The molecule has 3 heterocycles. The summed E-state index contributed by atoms with van der Waals surface area (Å²) in [6.07, 6.45) is 8.18. The number of rotatable bonds is 3. The van der Waals surface area contributed by atoms with E-state index in [0.717, 1.165) is 11.6 Å². The Balaban J connectivity index is 1.51. The molecule has 26 heavy (non-hydrogen) atoms. The predicted molar refractivity (Wildman–Crippen MR) is 95.9 cm³/mol. The van der Waals surface area contributed by atoms with E-state index in [9.17, 15) is 14.7 Å². The molecule has 3 fully saturated rings. The normalized spacial score (nSPS) is 26.0. The zero-order valence-electron chi connectivity index (χ0n) is 15.2. The molecule has 1 aliphatic carbocycles. The topological polar surface area (TPSA) is 86.6 Å². The van der Waals surface area contributed by atoms with Crippen molar-refractivity contribution in [3.63, 3.8) is 0 Å². The second-order valence-corrected chi connectivity index (χ2v) is 7.90. The van der Waals surface area contributed by atoms with Crippen LogP contribution >= 0.6 is 0 Å². The molecule has 1 aromatic heterocycles. The van der Waals surface area contributed by atoms with E-state index in [4.69, 9.17) is 4.98 Å². The number of hydrogen-bond acceptors (Lipinski definition) is 5. The van der Waals surface area contributed by atoms with Crippen LogP contribution in [0.2, 0.25) is 0 Å². The summed E-state index contributed by atoms with van der Waals surface area (Å²) in [5.41, 5.74) is 0.562. The minimum atomic E-state index is -0.865. The van der Waals surface area contributed by atoms with E-state index < -0.39 is 17.4 Å². The number of carbonyl (C=O) groups excluding carboxylic acids is 1. The fourth-order valence-electron chi connectivity index (χ4n) is 5.04. The number of carboxylic acid groups (broad SMARTS) is 1. The molecule has 1 atom stereocenters. The average molecular weight is 358 g/mol. The minimum absolute atomic E-state index is 0.0645. The lowest BCUT2D eigenvalue weighted by atomic mass is 9.77. The fourth-order valence-corrected chi connectivity index (χ4v) is 5.04. The molecule has 1 saturated carbocycles. The first kappa shape index (κ1) is 17.2. The molecule has 0 radical (unpaired) electrons. The summed E-state index contributed by atoms with van der Waals surface area (Å²) < 4.78 is 0. The van der Waals surface area contributed by atoms with Crippen LogP contribution in [0.5, 0.6) is 0 Å². The smallest absolute Gasteiger partial charge is 0.309 e. The molecular weight excluding hydrogens is 332 g/mol. The number of anilines is 1. The van der Waals surface area contributed by atoms with Crippen molar-refractivity contribution in [3.8, 4) is 0 Å². The molecule has 1 amide bonds. The Kier molecular flexibility index (Phi) is 4.32. The molecule has 7 heteroatoms. The van der Waals surface area contributed by atoms with Gasteiger partial charge in [0.25, 0.3) is 0 Å². The Morgan fingerprint density at radius 3 is 2.62 bits per heavy atom. The molecule has 0 aromatic carbocycles. The van der Waals surface area contributed by atoms with Crippen molar-refractivity contribution in [3.05, 3.63) is 18.0 Å². The summed E-state index contributed by atoms with van der Waals surface area (Å²) in [5.74, 6) is -0.264. The van der Waals surface area contributed by atoms with Crippen molar-refractivity contribution in [1.82, 2.24) is 14.9 Å². The summed E-state index contributed by atoms with van der Waals surface area (Å²) in [6, 6.07) is 2.02. The van der Waals surface area contributed by atoms with Crippen LogP contribution in [-0.4, -0.2) is 57.5 Å². The molecule has 3 aliphatic rings. The van der Waals surface area contributed by atoms with Gasteiger partial charge in [0, 0.05) is 44.4 Å². The van der Waals surface area contributed by atoms with Crippen LogP contribution in [0.25, 0.3) is 0 Å². The van der Waals surface area contributed by atoms with Gasteiger partial charge in [-0.25, -0.2) is 9.97 Å². The van der Waals surface area contributed by atoms with Gasteiger partial charge < -0.3 is 14.9 Å². The molecule has 2 aliphatic heterocycles. The third kappa shape index (κ3) is 2.73. The lowest BCUT2D eigenvalue weighted by Crippen LogP contribution is -2.56. The van der Waals surface area contributed by atoms with Gasteiger partial charge in [-0.1, -0.05) is 12.8 Å². The van der Waals surface area contributed by atoms with E-state index in [1.54, 1.807) is 11.9 Å². The molecule has 7 nitrogen and oxygen atoms in total. The van der Waals surface area contributed by atoms with Crippen LogP contribution in [0.1, 0.15) is 56.6 Å². The van der Waals surface area contributed by atoms with Crippen molar-refractivity contribution in [2.45, 2.75) is 56.4 Å². The highest BCUT2D eigenvalue weighted by molar-refractivity contribution is 5.88. The van der Waals surface area contributed by atoms with Gasteiger partial charge in [-0.05, 0) is 31.7 Å². The fraction of sp³-hybridized carbons (Fsp3) is 0.684. The van der Waals surface area contributed by atoms with Crippen LogP contribution in [0.4, 0.5) is 5.95 Å². The lowest BCUT2D eigenvalue weighted by Gasteiger charge is -2.45. The van der Waals surface area contributed by atoms with E-state index in [1.807, 2.05) is 12.3 Å². The summed E-state index contributed by atoms with van der Waals surface area (Å²) in [4.78, 5) is 36.9. The van der Waals surface area contributed by atoms with Crippen LogP contribution in [0, 0.1) is 5.92 Å². The molecule has 1 spiro atoms. The molecule has 0 unspecified atom stereocenters. The quantitative estimate of drug-likeness (QED) is 0.890. The molecule has 1 N–H and O–H groups in total. The molecule has 2 saturated heterocycles. The maximum absolute atomic E-state index is 12.1. The highest BCUT2D eigenvalue weighted by atomic mass is 16.4. The van der Waals surface area contributed by atoms with Gasteiger partial charge >= 0.3 is 5.97 Å². The number of carboxylic acids is 1. The van der Waals surface area contributed by atoms with Gasteiger partial charge in [-0.3, -0.25) is 9.59 Å². The van der Waals surface area contributed by atoms with Gasteiger partial charge in [0.05, 0.1) is 11.5 Å². The Labute approximate surface area is 153 Å². The zero-order chi connectivity index (χ0) is 18.3. The first-order valence-corrected chi connectivity index (χ1v) is 9.58. The monoisotopic (exact) mass is 358 g/mol. The Morgan fingerprint density at radius 2 is 1.96 bits per heavy atom. The average Bonchev–Trinajstić information content (AvgIpc) is 3.27. The van der Waals surface area contributed by atoms with Gasteiger partial charge in [-0.15, -0.1) is 0 Å². The van der Waals surface area contributed by atoms with Gasteiger partial charge in [0.2, 0.25) is 11.9 Å². The van der Waals surface area contributed by atoms with Gasteiger partial charge in [0.1, 0.15) is 0 Å². The number of aliphatic carboxylic acids is 1. The highest BCUT2D eigenvalue weighted by Gasteiger charge is 2.55. The number of hydrogen-bond donors (Lipinski definition) is 1. The largest absolute Gasteiger partial charge is 0.481 e. The lowest BCUT2D eigenvalue weighted by molar-refractivity contribution is -0.145. The second kappa shape index (κ2) is 6.52. The van der Waals surface area contributed by atoms with Crippen LogP contribution in [-0.2, 0) is 9.59 Å². The standard InChI is InChI=1S/C19H26N4O3/c1-22-16(24)12-14(17(25)26)19(22)7-10-23(11-8-19)18-20-9-6-15(21-18)13-4-2-3-5-13/h6,9,13-14H,2-5,7-8,10-12H2,1H3,(H,25,26)/t14-/m1/s1. The van der Waals surface area contributed by atoms with Crippen molar-refractivity contribution >= 4 is 17.8 Å². The molecule has 0 bridgehead atoms. The van der Waals surface area contributed by atoms with Crippen LogP contribution in [0.3, 0.4) is 0 Å². The third-order valence-corrected chi connectivity index (χ3v) is 6.72. The molecule has 1 aromatic rings. The van der Waals surface area contributed by atoms with E-state index >= 15 is 0 Å². The number of amides is 1. The first-order chi connectivity index (χ1) is 12.5. The number of aromatic nitrogens is 2. The SMILES string of the molecule is CN1C(=O)C[C@H](C(=O)O)C12CCN(c1nccc(C3CCCC3)n1)CC2. The Hall–Kier alpha value is -2.18. The summed E-state index contributed by atoms with van der Waals surface area (Å²) in [7, 11) is 1.75. The summed E-state index contributed by atoms with van der Waals surface area (Å²) >= 11 is 0. The van der Waals surface area contributed by atoms with E-state index in [0.29, 0.717) is 31.8 Å². The highest BCUT2D eigenvalue weighted by Crippen LogP contribution is 2.43. The Morgan fingerprint density at radius 1 is 1.27 bits per heavy atom. The predicted octanol–water partition coefficient (Wildman–Crippen LogP) is 2.04. The molecular formula is C19H26N4O3. The summed E-state index contributed by atoms with van der Waals surface area (Å²) in [6.45, 7) is 1.35. The van der Waals surface area contributed by atoms with E-state index in [2.05, 4.69) is 9.88 Å². The maximum Gasteiger partial charge on any atom is 0.309 e. The van der Waals surface area contributed by atoms with Crippen molar-refractivity contribution in [2.75, 3.05) is 25.0 Å². The van der Waals surface area contributed by atoms with Crippen molar-refractivity contribution in [2.24, 2.45) is 5.92 Å². The third-order valence-electron chi connectivity index (χ3n) is 6.72. The van der Waals surface area contributed by atoms with E-state index in [1.165, 1.54) is 25.7 Å². The molecule has 4 rings (SSSR count). The first-order valence-electron chi connectivity index (χ1n) is 9.58. The number of likely N-dealkylation sites (tertiary alicyclic amines) is 1. The minimum Gasteiger partial charge on any atom is -0.481 e. The van der Waals surface area contributed by atoms with Crippen molar-refractivity contribution in [1.29, 1.82) is 0 Å². The van der Waals surface area contributed by atoms with Crippen LogP contribution < -0.4 is 4.90 Å². The summed E-state index contributed by atoms with van der Waals surface area (Å²) in [5, 5.41) is 9.59. The van der Waals surface area contributed by atoms with Crippen LogP contribution in [0.15, 0.2) is 12.3 Å². The second-order valence-electron chi connectivity index (χ2n) is 7.90.